The number of halogens is 1. The largest absolute Gasteiger partial charge is 0.409 e. The number of rotatable bonds is 3. The summed E-state index contributed by atoms with van der Waals surface area (Å²) in [6.07, 6.45) is 1.25. The minimum Gasteiger partial charge on any atom is -0.409 e. The van der Waals surface area contributed by atoms with E-state index in [1.165, 1.54) is 6.42 Å². The predicted molar refractivity (Wildman–Crippen MR) is 73.0 cm³/mol. The molecule has 1 unspecified atom stereocenters. The Kier molecular flexibility index (Phi) is 4.09. The zero-order valence-corrected chi connectivity index (χ0v) is 11.2. The fourth-order valence-corrected chi connectivity index (χ4v) is 2.54. The summed E-state index contributed by atoms with van der Waals surface area (Å²) in [6.45, 7) is 5.38. The Balaban J connectivity index is 2.10. The summed E-state index contributed by atoms with van der Waals surface area (Å²) in [5.41, 5.74) is 7.25. The molecule has 4 nitrogen and oxygen atoms in total. The van der Waals surface area contributed by atoms with E-state index in [0.717, 1.165) is 31.1 Å². The zero-order chi connectivity index (χ0) is 13.1. The van der Waals surface area contributed by atoms with Gasteiger partial charge in [0, 0.05) is 23.7 Å². The van der Waals surface area contributed by atoms with Crippen molar-refractivity contribution in [3.63, 3.8) is 0 Å². The van der Waals surface area contributed by atoms with Crippen LogP contribution >= 0.6 is 11.6 Å². The van der Waals surface area contributed by atoms with Gasteiger partial charge in [0.25, 0.3) is 0 Å². The van der Waals surface area contributed by atoms with Crippen molar-refractivity contribution in [1.82, 2.24) is 4.90 Å². The third-order valence-electron chi connectivity index (χ3n) is 3.36. The molecule has 1 saturated heterocycles. The third-order valence-corrected chi connectivity index (χ3v) is 3.71. The van der Waals surface area contributed by atoms with E-state index in [1.807, 2.05) is 12.1 Å². The molecule has 1 fully saturated rings. The molecule has 0 spiro atoms. The van der Waals surface area contributed by atoms with E-state index in [2.05, 4.69) is 17.0 Å². The summed E-state index contributed by atoms with van der Waals surface area (Å²) in [5, 5.41) is 12.3. The van der Waals surface area contributed by atoms with Crippen molar-refractivity contribution in [2.24, 2.45) is 16.8 Å². The van der Waals surface area contributed by atoms with Gasteiger partial charge in [-0.25, -0.2) is 0 Å². The van der Waals surface area contributed by atoms with Crippen molar-refractivity contribution in [1.29, 1.82) is 0 Å². The van der Waals surface area contributed by atoms with E-state index in [0.29, 0.717) is 10.6 Å². The van der Waals surface area contributed by atoms with Crippen LogP contribution in [0.1, 0.15) is 24.5 Å². The second kappa shape index (κ2) is 5.59. The minimum atomic E-state index is 0.0817. The molecule has 1 aliphatic heterocycles. The number of hydrogen-bond donors (Lipinski definition) is 2. The molecule has 98 valence electrons. The van der Waals surface area contributed by atoms with Gasteiger partial charge in [0.2, 0.25) is 0 Å². The molecule has 0 bridgehead atoms. The van der Waals surface area contributed by atoms with E-state index < -0.39 is 0 Å². The number of benzene rings is 1. The fourth-order valence-electron chi connectivity index (χ4n) is 2.30. The lowest BCUT2D eigenvalue weighted by Gasteiger charge is -2.16. The van der Waals surface area contributed by atoms with E-state index in [1.54, 1.807) is 6.07 Å². The van der Waals surface area contributed by atoms with Gasteiger partial charge in [-0.2, -0.15) is 0 Å². The number of nitrogens with two attached hydrogens (primary N) is 1. The Bertz CT molecular complexity index is 462. The monoisotopic (exact) mass is 267 g/mol. The average molecular weight is 268 g/mol. The lowest BCUT2D eigenvalue weighted by Crippen LogP contribution is -2.20. The first kappa shape index (κ1) is 13.2. The molecule has 1 aliphatic rings. The van der Waals surface area contributed by atoms with Crippen LogP contribution in [0.25, 0.3) is 0 Å². The maximum Gasteiger partial charge on any atom is 0.170 e. The fraction of sp³-hybridized carbons (Fsp3) is 0.462. The van der Waals surface area contributed by atoms with Crippen LogP contribution in [0.3, 0.4) is 0 Å². The second-order valence-corrected chi connectivity index (χ2v) is 5.33. The molecular formula is C13H18ClN3O. The number of amidine groups is 1. The van der Waals surface area contributed by atoms with Gasteiger partial charge in [-0.3, -0.25) is 4.90 Å². The summed E-state index contributed by atoms with van der Waals surface area (Å²) >= 11 is 6.23. The molecule has 0 aliphatic carbocycles. The van der Waals surface area contributed by atoms with Gasteiger partial charge in [0.05, 0.1) is 0 Å². The maximum absolute atomic E-state index is 8.62. The van der Waals surface area contributed by atoms with Gasteiger partial charge in [-0.05, 0) is 30.5 Å². The van der Waals surface area contributed by atoms with Crippen LogP contribution < -0.4 is 5.73 Å². The highest BCUT2D eigenvalue weighted by Crippen LogP contribution is 2.23. The van der Waals surface area contributed by atoms with Gasteiger partial charge >= 0.3 is 0 Å². The van der Waals surface area contributed by atoms with Crippen LogP contribution in [0.4, 0.5) is 0 Å². The van der Waals surface area contributed by atoms with E-state index in [-0.39, 0.29) is 5.84 Å². The number of hydrogen-bond acceptors (Lipinski definition) is 3. The Morgan fingerprint density at radius 3 is 2.94 bits per heavy atom. The molecule has 18 heavy (non-hydrogen) atoms. The Hall–Kier alpha value is -1.26. The highest BCUT2D eigenvalue weighted by Gasteiger charge is 2.19. The number of nitrogens with zero attached hydrogens (tertiary/aromatic N) is 2. The first-order chi connectivity index (χ1) is 8.60. The molecule has 1 atom stereocenters. The molecule has 0 amide bonds. The molecule has 0 radical (unpaired) electrons. The van der Waals surface area contributed by atoms with Crippen molar-refractivity contribution >= 4 is 17.4 Å². The van der Waals surface area contributed by atoms with Gasteiger partial charge in [-0.1, -0.05) is 35.8 Å². The molecule has 2 rings (SSSR count). The maximum atomic E-state index is 8.62. The lowest BCUT2D eigenvalue weighted by molar-refractivity contribution is 0.318. The van der Waals surface area contributed by atoms with Crippen LogP contribution in [0.15, 0.2) is 23.4 Å². The van der Waals surface area contributed by atoms with E-state index >= 15 is 0 Å². The predicted octanol–water partition coefficient (Wildman–Crippen LogP) is 2.28. The smallest absolute Gasteiger partial charge is 0.170 e. The van der Waals surface area contributed by atoms with Crippen molar-refractivity contribution in [3.05, 3.63) is 34.3 Å². The van der Waals surface area contributed by atoms with Crippen molar-refractivity contribution < 1.29 is 5.21 Å². The highest BCUT2D eigenvalue weighted by atomic mass is 35.5. The minimum absolute atomic E-state index is 0.0817. The topological polar surface area (TPSA) is 61.8 Å². The molecule has 1 aromatic rings. The van der Waals surface area contributed by atoms with Crippen molar-refractivity contribution in [2.45, 2.75) is 19.9 Å². The van der Waals surface area contributed by atoms with Gasteiger partial charge < -0.3 is 10.9 Å². The molecule has 1 heterocycles. The molecule has 1 aromatic carbocycles. The highest BCUT2D eigenvalue weighted by molar-refractivity contribution is 6.31. The second-order valence-electron chi connectivity index (χ2n) is 4.92. The quantitative estimate of drug-likeness (QED) is 0.382. The normalized spacial score (nSPS) is 21.4. The Morgan fingerprint density at radius 1 is 1.61 bits per heavy atom. The number of likely N-dealkylation sites (tertiary alicyclic amines) is 1. The standard InChI is InChI=1S/C13H18ClN3O/c1-9-4-5-17(7-9)8-11-3-2-10(6-12(11)14)13(15)16-18/h2-3,6,9,18H,4-5,7-8H2,1H3,(H2,15,16). The van der Waals surface area contributed by atoms with E-state index in [4.69, 9.17) is 22.5 Å². The Morgan fingerprint density at radius 2 is 2.39 bits per heavy atom. The first-order valence-corrected chi connectivity index (χ1v) is 6.46. The first-order valence-electron chi connectivity index (χ1n) is 6.09. The summed E-state index contributed by atoms with van der Waals surface area (Å²) < 4.78 is 0. The van der Waals surface area contributed by atoms with Crippen LogP contribution in [-0.2, 0) is 6.54 Å². The van der Waals surface area contributed by atoms with Crippen LogP contribution in [0.5, 0.6) is 0 Å². The van der Waals surface area contributed by atoms with Crippen LogP contribution in [0.2, 0.25) is 5.02 Å². The van der Waals surface area contributed by atoms with Crippen LogP contribution in [0, 0.1) is 5.92 Å². The molecule has 3 N–H and O–H groups in total. The summed E-state index contributed by atoms with van der Waals surface area (Å²) in [6, 6.07) is 5.51. The average Bonchev–Trinajstić information content (AvgIpc) is 2.76. The molecule has 0 saturated carbocycles. The molecular weight excluding hydrogens is 250 g/mol. The van der Waals surface area contributed by atoms with Gasteiger partial charge in [0.15, 0.2) is 5.84 Å². The SMILES string of the molecule is CC1CCN(Cc2ccc(/C(N)=N/O)cc2Cl)C1. The Labute approximate surface area is 112 Å². The molecule has 0 aromatic heterocycles. The zero-order valence-electron chi connectivity index (χ0n) is 10.4. The summed E-state index contributed by atoms with van der Waals surface area (Å²) in [5.74, 6) is 0.846. The van der Waals surface area contributed by atoms with E-state index in [9.17, 15) is 0 Å². The van der Waals surface area contributed by atoms with Crippen molar-refractivity contribution in [2.75, 3.05) is 13.1 Å². The van der Waals surface area contributed by atoms with Gasteiger partial charge in [0.1, 0.15) is 0 Å². The lowest BCUT2D eigenvalue weighted by atomic mass is 10.1. The van der Waals surface area contributed by atoms with Crippen LogP contribution in [-0.4, -0.2) is 29.0 Å². The van der Waals surface area contributed by atoms with Gasteiger partial charge in [-0.15, -0.1) is 0 Å². The number of oxime groups is 1. The third kappa shape index (κ3) is 2.94. The van der Waals surface area contributed by atoms with Crippen molar-refractivity contribution in [3.8, 4) is 0 Å². The molecule has 5 heteroatoms. The summed E-state index contributed by atoms with van der Waals surface area (Å²) in [4.78, 5) is 2.40. The summed E-state index contributed by atoms with van der Waals surface area (Å²) in [7, 11) is 0.